The summed E-state index contributed by atoms with van der Waals surface area (Å²) in [6.07, 6.45) is 3.00. The minimum absolute atomic E-state index is 0.00608. The molecule has 24 heavy (non-hydrogen) atoms. The van der Waals surface area contributed by atoms with Gasteiger partial charge in [0.1, 0.15) is 0 Å². The van der Waals surface area contributed by atoms with Crippen LogP contribution < -0.4 is 10.6 Å². The van der Waals surface area contributed by atoms with E-state index in [4.69, 9.17) is 11.6 Å². The van der Waals surface area contributed by atoms with Crippen LogP contribution in [0.4, 0.5) is 5.69 Å². The zero-order valence-electron chi connectivity index (χ0n) is 14.9. The molecule has 2 rings (SSSR count). The second-order valence-corrected chi connectivity index (χ2v) is 7.55. The number of aryl methyl sites for hydroxylation is 2. The number of amides is 2. The topological polar surface area (TPSA) is 58.2 Å². The van der Waals surface area contributed by atoms with E-state index in [1.165, 1.54) is 0 Å². The van der Waals surface area contributed by atoms with Crippen LogP contribution in [-0.4, -0.2) is 17.9 Å². The third kappa shape index (κ3) is 4.73. The molecule has 0 saturated heterocycles. The summed E-state index contributed by atoms with van der Waals surface area (Å²) < 4.78 is 0. The average Bonchev–Trinajstić information content (AvgIpc) is 2.50. The first-order chi connectivity index (χ1) is 11.3. The van der Waals surface area contributed by atoms with Crippen LogP contribution in [0.3, 0.4) is 0 Å². The number of anilines is 1. The van der Waals surface area contributed by atoms with Crippen LogP contribution >= 0.6 is 11.6 Å². The lowest BCUT2D eigenvalue weighted by Crippen LogP contribution is -2.38. The van der Waals surface area contributed by atoms with Gasteiger partial charge >= 0.3 is 0 Å². The van der Waals surface area contributed by atoms with Crippen molar-refractivity contribution in [3.8, 4) is 0 Å². The van der Waals surface area contributed by atoms with E-state index in [2.05, 4.69) is 10.6 Å². The second-order valence-electron chi connectivity index (χ2n) is 7.14. The van der Waals surface area contributed by atoms with Gasteiger partial charge < -0.3 is 10.6 Å². The van der Waals surface area contributed by atoms with Gasteiger partial charge in [-0.2, -0.15) is 0 Å². The number of carbonyl (C=O) groups excluding carboxylic acids is 2. The summed E-state index contributed by atoms with van der Waals surface area (Å²) >= 11 is 6.26. The number of nitrogens with one attached hydrogen (secondary N) is 2. The number of rotatable bonds is 4. The minimum Gasteiger partial charge on any atom is -0.354 e. The van der Waals surface area contributed by atoms with E-state index in [9.17, 15) is 9.59 Å². The van der Waals surface area contributed by atoms with Gasteiger partial charge in [-0.15, -0.1) is 0 Å². The van der Waals surface area contributed by atoms with Crippen molar-refractivity contribution in [1.29, 1.82) is 0 Å². The Hall–Kier alpha value is -1.55. The minimum atomic E-state index is -0.0510. The van der Waals surface area contributed by atoms with E-state index in [0.717, 1.165) is 36.8 Å². The molecule has 2 N–H and O–H groups in total. The Bertz CT molecular complexity index is 597. The molecule has 0 atom stereocenters. The highest BCUT2D eigenvalue weighted by Crippen LogP contribution is 2.32. The molecule has 132 valence electrons. The number of hydrogen-bond donors (Lipinski definition) is 2. The first-order valence-corrected chi connectivity index (χ1v) is 9.03. The predicted molar refractivity (Wildman–Crippen MR) is 98.3 cm³/mol. The molecule has 0 heterocycles. The molecule has 0 aliphatic heterocycles. The summed E-state index contributed by atoms with van der Waals surface area (Å²) in [6, 6.07) is 4.02. The highest BCUT2D eigenvalue weighted by molar-refractivity contribution is 6.34. The van der Waals surface area contributed by atoms with Crippen LogP contribution in [0, 0.1) is 25.7 Å². The summed E-state index contributed by atoms with van der Waals surface area (Å²) in [5.41, 5.74) is 2.75. The van der Waals surface area contributed by atoms with Gasteiger partial charge in [-0.1, -0.05) is 17.7 Å². The second kappa shape index (κ2) is 8.02. The van der Waals surface area contributed by atoms with Gasteiger partial charge in [0, 0.05) is 17.9 Å². The smallest absolute Gasteiger partial charge is 0.227 e. The van der Waals surface area contributed by atoms with Crippen molar-refractivity contribution in [2.24, 2.45) is 11.8 Å². The van der Waals surface area contributed by atoms with E-state index < -0.39 is 0 Å². The molecule has 1 saturated carbocycles. The number of hydrogen-bond acceptors (Lipinski definition) is 2. The number of benzene rings is 1. The molecular weight excluding hydrogens is 324 g/mol. The Morgan fingerprint density at radius 2 is 1.58 bits per heavy atom. The van der Waals surface area contributed by atoms with Crippen molar-refractivity contribution >= 4 is 29.1 Å². The molecule has 0 spiro atoms. The zero-order chi connectivity index (χ0) is 17.9. The molecule has 0 radical (unpaired) electrons. The van der Waals surface area contributed by atoms with Crippen LogP contribution in [0.2, 0.25) is 5.02 Å². The molecule has 0 bridgehead atoms. The van der Waals surface area contributed by atoms with Crippen molar-refractivity contribution < 1.29 is 9.59 Å². The van der Waals surface area contributed by atoms with E-state index in [0.29, 0.717) is 10.7 Å². The Morgan fingerprint density at radius 3 is 2.08 bits per heavy atom. The largest absolute Gasteiger partial charge is 0.354 e. The van der Waals surface area contributed by atoms with Crippen molar-refractivity contribution in [1.82, 2.24) is 5.32 Å². The SMILES string of the molecule is Cc1cc(C)c(NC(=O)C2CCC(C(=O)NC(C)C)CC2)c(Cl)c1. The van der Waals surface area contributed by atoms with Crippen LogP contribution in [-0.2, 0) is 9.59 Å². The van der Waals surface area contributed by atoms with Crippen molar-refractivity contribution in [2.75, 3.05) is 5.32 Å². The van der Waals surface area contributed by atoms with Crippen LogP contribution in [0.1, 0.15) is 50.7 Å². The maximum absolute atomic E-state index is 12.5. The molecule has 1 aromatic carbocycles. The number of halogens is 1. The fourth-order valence-electron chi connectivity index (χ4n) is 3.32. The van der Waals surface area contributed by atoms with E-state index in [-0.39, 0.29) is 29.7 Å². The Labute approximate surface area is 149 Å². The van der Waals surface area contributed by atoms with E-state index in [1.807, 2.05) is 39.8 Å². The fourth-order valence-corrected chi connectivity index (χ4v) is 3.69. The van der Waals surface area contributed by atoms with Crippen LogP contribution in [0.25, 0.3) is 0 Å². The third-order valence-corrected chi connectivity index (χ3v) is 4.88. The molecule has 0 aromatic heterocycles. The maximum Gasteiger partial charge on any atom is 0.227 e. The summed E-state index contributed by atoms with van der Waals surface area (Å²) in [4.78, 5) is 24.6. The fraction of sp³-hybridized carbons (Fsp3) is 0.579. The highest BCUT2D eigenvalue weighted by Gasteiger charge is 2.30. The summed E-state index contributed by atoms with van der Waals surface area (Å²) in [5, 5.41) is 6.51. The molecular formula is C19H27ClN2O2. The number of carbonyl (C=O) groups is 2. The summed E-state index contributed by atoms with van der Waals surface area (Å²) in [7, 11) is 0. The molecule has 4 nitrogen and oxygen atoms in total. The molecule has 2 amide bonds. The normalized spacial score (nSPS) is 20.8. The lowest BCUT2D eigenvalue weighted by atomic mass is 9.81. The quantitative estimate of drug-likeness (QED) is 0.853. The van der Waals surface area contributed by atoms with Crippen LogP contribution in [0.5, 0.6) is 0 Å². The summed E-state index contributed by atoms with van der Waals surface area (Å²) in [6.45, 7) is 7.85. The predicted octanol–water partition coefficient (Wildman–Crippen LogP) is 4.23. The van der Waals surface area contributed by atoms with Gasteiger partial charge in [-0.3, -0.25) is 9.59 Å². The van der Waals surface area contributed by atoms with Gasteiger partial charge in [0.2, 0.25) is 11.8 Å². The summed E-state index contributed by atoms with van der Waals surface area (Å²) in [5.74, 6) is 0.0962. The Balaban J connectivity index is 1.93. The maximum atomic E-state index is 12.5. The molecule has 1 fully saturated rings. The highest BCUT2D eigenvalue weighted by atomic mass is 35.5. The first-order valence-electron chi connectivity index (χ1n) is 8.66. The average molecular weight is 351 g/mol. The molecule has 5 heteroatoms. The molecule has 1 aliphatic rings. The Morgan fingerprint density at radius 1 is 1.04 bits per heavy atom. The standard InChI is InChI=1S/C19H27ClN2O2/c1-11(2)21-18(23)14-5-7-15(8-6-14)19(24)22-17-13(4)9-12(3)10-16(17)20/h9-11,14-15H,5-8H2,1-4H3,(H,21,23)(H,22,24). The zero-order valence-corrected chi connectivity index (χ0v) is 15.7. The molecule has 0 unspecified atom stereocenters. The van der Waals surface area contributed by atoms with E-state index >= 15 is 0 Å². The van der Waals surface area contributed by atoms with Crippen molar-refractivity contribution in [3.05, 3.63) is 28.3 Å². The van der Waals surface area contributed by atoms with Gasteiger partial charge in [-0.05, 0) is 70.6 Å². The van der Waals surface area contributed by atoms with Gasteiger partial charge in [-0.25, -0.2) is 0 Å². The van der Waals surface area contributed by atoms with Gasteiger partial charge in [0.05, 0.1) is 10.7 Å². The van der Waals surface area contributed by atoms with Crippen molar-refractivity contribution in [2.45, 2.75) is 59.4 Å². The first kappa shape index (κ1) is 18.8. The third-order valence-electron chi connectivity index (χ3n) is 4.58. The van der Waals surface area contributed by atoms with E-state index in [1.54, 1.807) is 0 Å². The Kier molecular flexibility index (Phi) is 6.27. The van der Waals surface area contributed by atoms with Gasteiger partial charge in [0.25, 0.3) is 0 Å². The monoisotopic (exact) mass is 350 g/mol. The molecule has 1 aromatic rings. The van der Waals surface area contributed by atoms with Gasteiger partial charge in [0.15, 0.2) is 0 Å². The molecule has 1 aliphatic carbocycles. The lowest BCUT2D eigenvalue weighted by Gasteiger charge is -2.28. The lowest BCUT2D eigenvalue weighted by molar-refractivity contribution is -0.128. The van der Waals surface area contributed by atoms with Crippen molar-refractivity contribution in [3.63, 3.8) is 0 Å². The van der Waals surface area contributed by atoms with Crippen LogP contribution in [0.15, 0.2) is 12.1 Å².